The summed E-state index contributed by atoms with van der Waals surface area (Å²) in [5, 5.41) is 3.52. The molecule has 0 saturated carbocycles. The second-order valence-electron chi connectivity index (χ2n) is 7.14. The Hall–Kier alpha value is -3.01. The van der Waals surface area contributed by atoms with Crippen LogP contribution in [0.5, 0.6) is 0 Å². The van der Waals surface area contributed by atoms with E-state index in [1.54, 1.807) is 0 Å². The fourth-order valence-electron chi connectivity index (χ4n) is 3.86. The quantitative estimate of drug-likeness (QED) is 0.688. The number of rotatable bonds is 7. The molecule has 1 fully saturated rings. The standard InChI is InChI=1S/C23H26N4/c1-18(15-21-17-25-23-12-6-7-13-27(21)23)26-14-8-11-22(26)19(2)24-16-20-9-4-3-5-10-20/h3-7,9-10,12-13,17,22,24H,1-2,8,11,14-16H2. The molecule has 138 valence electrons. The van der Waals surface area contributed by atoms with Crippen molar-refractivity contribution in [3.63, 3.8) is 0 Å². The van der Waals surface area contributed by atoms with Crippen molar-refractivity contribution < 1.29 is 0 Å². The van der Waals surface area contributed by atoms with E-state index >= 15 is 0 Å². The van der Waals surface area contributed by atoms with Gasteiger partial charge in [0.05, 0.1) is 6.04 Å². The van der Waals surface area contributed by atoms with E-state index in [9.17, 15) is 0 Å². The van der Waals surface area contributed by atoms with Gasteiger partial charge in [-0.3, -0.25) is 0 Å². The lowest BCUT2D eigenvalue weighted by Gasteiger charge is -2.30. The molecule has 1 unspecified atom stereocenters. The minimum absolute atomic E-state index is 0.306. The number of hydrogen-bond donors (Lipinski definition) is 1. The predicted molar refractivity (Wildman–Crippen MR) is 110 cm³/mol. The van der Waals surface area contributed by atoms with E-state index in [1.807, 2.05) is 30.5 Å². The second kappa shape index (κ2) is 7.70. The molecule has 3 aromatic rings. The molecule has 3 heterocycles. The Balaban J connectivity index is 1.41. The van der Waals surface area contributed by atoms with Gasteiger partial charge in [0.2, 0.25) is 0 Å². The number of hydrogen-bond acceptors (Lipinski definition) is 3. The van der Waals surface area contributed by atoms with Gasteiger partial charge in [-0.25, -0.2) is 4.98 Å². The van der Waals surface area contributed by atoms with Crippen LogP contribution in [0.25, 0.3) is 5.65 Å². The molecule has 4 heteroatoms. The van der Waals surface area contributed by atoms with Crippen molar-refractivity contribution in [2.45, 2.75) is 31.8 Å². The zero-order chi connectivity index (χ0) is 18.6. The van der Waals surface area contributed by atoms with Crippen molar-refractivity contribution in [1.82, 2.24) is 19.6 Å². The zero-order valence-corrected chi connectivity index (χ0v) is 15.6. The summed E-state index contributed by atoms with van der Waals surface area (Å²) in [7, 11) is 0. The van der Waals surface area contributed by atoms with Crippen molar-refractivity contribution in [3.05, 3.63) is 96.7 Å². The lowest BCUT2D eigenvalue weighted by molar-refractivity contribution is 0.336. The normalized spacial score (nSPS) is 16.6. The van der Waals surface area contributed by atoms with E-state index in [0.29, 0.717) is 6.04 Å². The van der Waals surface area contributed by atoms with Crippen molar-refractivity contribution >= 4 is 5.65 Å². The third-order valence-electron chi connectivity index (χ3n) is 5.30. The molecule has 0 spiro atoms. The maximum absolute atomic E-state index is 4.49. The SMILES string of the molecule is C=C(NCc1ccccc1)C1CCCN1C(=C)Cc1cnc2ccccn12. The van der Waals surface area contributed by atoms with Crippen LogP contribution < -0.4 is 5.32 Å². The van der Waals surface area contributed by atoms with E-state index < -0.39 is 0 Å². The molecule has 1 aromatic carbocycles. The molecule has 0 bridgehead atoms. The van der Waals surface area contributed by atoms with Gasteiger partial charge in [0.25, 0.3) is 0 Å². The number of likely N-dealkylation sites (tertiary alicyclic amines) is 1. The third-order valence-corrected chi connectivity index (χ3v) is 5.30. The maximum Gasteiger partial charge on any atom is 0.136 e. The summed E-state index contributed by atoms with van der Waals surface area (Å²) < 4.78 is 2.14. The Morgan fingerprint density at radius 3 is 2.78 bits per heavy atom. The molecular weight excluding hydrogens is 332 g/mol. The minimum atomic E-state index is 0.306. The first kappa shape index (κ1) is 17.4. The highest BCUT2D eigenvalue weighted by Crippen LogP contribution is 2.27. The molecule has 0 amide bonds. The summed E-state index contributed by atoms with van der Waals surface area (Å²) in [4.78, 5) is 6.89. The number of fused-ring (bicyclic) bond motifs is 1. The second-order valence-corrected chi connectivity index (χ2v) is 7.14. The summed E-state index contributed by atoms with van der Waals surface area (Å²) in [6.45, 7) is 10.5. The summed E-state index contributed by atoms with van der Waals surface area (Å²) in [5.74, 6) is 0. The molecule has 27 heavy (non-hydrogen) atoms. The molecule has 2 aromatic heterocycles. The number of nitrogens with zero attached hydrogens (tertiary/aromatic N) is 3. The summed E-state index contributed by atoms with van der Waals surface area (Å²) in [6.07, 6.45) is 7.10. The van der Waals surface area contributed by atoms with Crippen LogP contribution in [0.4, 0.5) is 0 Å². The highest BCUT2D eigenvalue weighted by molar-refractivity contribution is 5.40. The highest BCUT2D eigenvalue weighted by atomic mass is 15.2. The lowest BCUT2D eigenvalue weighted by atomic mass is 10.1. The molecule has 1 N–H and O–H groups in total. The first-order valence-electron chi connectivity index (χ1n) is 9.54. The van der Waals surface area contributed by atoms with Crippen molar-refractivity contribution in [1.29, 1.82) is 0 Å². The molecule has 1 saturated heterocycles. The number of imidazole rings is 1. The van der Waals surface area contributed by atoms with Crippen LogP contribution in [0.2, 0.25) is 0 Å². The fraction of sp³-hybridized carbons (Fsp3) is 0.261. The molecular formula is C23H26N4. The molecule has 0 radical (unpaired) electrons. The lowest BCUT2D eigenvalue weighted by Crippen LogP contribution is -2.35. The summed E-state index contributed by atoms with van der Waals surface area (Å²) in [5.41, 5.74) is 5.63. The van der Waals surface area contributed by atoms with Crippen molar-refractivity contribution in [2.24, 2.45) is 0 Å². The van der Waals surface area contributed by atoms with Gasteiger partial charge in [-0.1, -0.05) is 49.6 Å². The number of pyridine rings is 1. The Morgan fingerprint density at radius 1 is 1.11 bits per heavy atom. The van der Waals surface area contributed by atoms with Gasteiger partial charge in [-0.05, 0) is 30.5 Å². The van der Waals surface area contributed by atoms with Crippen LogP contribution in [0.3, 0.4) is 0 Å². The fourth-order valence-corrected chi connectivity index (χ4v) is 3.86. The van der Waals surface area contributed by atoms with Gasteiger partial charge >= 0.3 is 0 Å². The van der Waals surface area contributed by atoms with Gasteiger partial charge in [-0.2, -0.15) is 0 Å². The Bertz CT molecular complexity index is 941. The first-order chi connectivity index (χ1) is 13.2. The number of allylic oxidation sites excluding steroid dienone is 1. The van der Waals surface area contributed by atoms with Crippen molar-refractivity contribution in [2.75, 3.05) is 6.54 Å². The average Bonchev–Trinajstić information content (AvgIpc) is 3.35. The van der Waals surface area contributed by atoms with E-state index in [2.05, 4.69) is 63.2 Å². The third kappa shape index (κ3) is 3.75. The van der Waals surface area contributed by atoms with Gasteiger partial charge in [-0.15, -0.1) is 0 Å². The number of nitrogens with one attached hydrogen (secondary N) is 1. The topological polar surface area (TPSA) is 32.6 Å². The summed E-state index contributed by atoms with van der Waals surface area (Å²) >= 11 is 0. The van der Waals surface area contributed by atoms with Crippen molar-refractivity contribution in [3.8, 4) is 0 Å². The van der Waals surface area contributed by atoms with Crippen LogP contribution in [0, 0.1) is 0 Å². The number of benzene rings is 1. The molecule has 1 aliphatic heterocycles. The number of aromatic nitrogens is 2. The molecule has 4 nitrogen and oxygen atoms in total. The van der Waals surface area contributed by atoms with Gasteiger partial charge in [0.1, 0.15) is 5.65 Å². The maximum atomic E-state index is 4.49. The minimum Gasteiger partial charge on any atom is -0.383 e. The Kier molecular flexibility index (Phi) is 4.97. The zero-order valence-electron chi connectivity index (χ0n) is 15.6. The van der Waals surface area contributed by atoms with Gasteiger partial charge in [0.15, 0.2) is 0 Å². The molecule has 1 aliphatic rings. The monoisotopic (exact) mass is 358 g/mol. The van der Waals surface area contributed by atoms with Crippen LogP contribution in [-0.2, 0) is 13.0 Å². The predicted octanol–water partition coefficient (Wildman–Crippen LogP) is 4.16. The highest BCUT2D eigenvalue weighted by Gasteiger charge is 2.28. The van der Waals surface area contributed by atoms with Crippen LogP contribution in [-0.4, -0.2) is 26.9 Å². The van der Waals surface area contributed by atoms with Crippen LogP contribution in [0.15, 0.2) is 85.5 Å². The summed E-state index contributed by atoms with van der Waals surface area (Å²) in [6, 6.07) is 16.8. The van der Waals surface area contributed by atoms with E-state index in [1.165, 1.54) is 17.7 Å². The van der Waals surface area contributed by atoms with Crippen LogP contribution in [0.1, 0.15) is 24.1 Å². The average molecular weight is 358 g/mol. The first-order valence-corrected chi connectivity index (χ1v) is 9.54. The largest absolute Gasteiger partial charge is 0.383 e. The van der Waals surface area contributed by atoms with E-state index in [4.69, 9.17) is 0 Å². The molecule has 0 aliphatic carbocycles. The molecule has 1 atom stereocenters. The van der Waals surface area contributed by atoms with E-state index in [0.717, 1.165) is 43.0 Å². The smallest absolute Gasteiger partial charge is 0.136 e. The van der Waals surface area contributed by atoms with E-state index in [-0.39, 0.29) is 0 Å². The van der Waals surface area contributed by atoms with Crippen LogP contribution >= 0.6 is 0 Å². The van der Waals surface area contributed by atoms with Gasteiger partial charge in [0, 0.05) is 49.0 Å². The molecule has 4 rings (SSSR count). The Labute approximate surface area is 160 Å². The van der Waals surface area contributed by atoms with Gasteiger partial charge < -0.3 is 14.6 Å². The Morgan fingerprint density at radius 2 is 1.93 bits per heavy atom.